The summed E-state index contributed by atoms with van der Waals surface area (Å²) in [5.74, 6) is 0.710. The number of fused-ring (bicyclic) bond motifs is 3. The van der Waals surface area contributed by atoms with Crippen LogP contribution in [0.15, 0.2) is 170 Å². The lowest BCUT2D eigenvalue weighted by Gasteiger charge is -2.20. The van der Waals surface area contributed by atoms with E-state index in [9.17, 15) is 0 Å². The average Bonchev–Trinajstić information content (AvgIpc) is 3.27. The molecule has 0 saturated carbocycles. The fraction of sp³-hybridized carbons (Fsp3) is 0.127. The predicted octanol–water partition coefficient (Wildman–Crippen LogP) is 15.1. The molecule has 9 aromatic rings. The summed E-state index contributed by atoms with van der Waals surface area (Å²) in [6, 6.07) is 61.5. The first-order valence-electron chi connectivity index (χ1n) is 20.4. The zero-order chi connectivity index (χ0) is 38.7. The Morgan fingerprint density at radius 1 is 0.509 bits per heavy atom. The normalized spacial score (nSPS) is 11.8. The van der Waals surface area contributed by atoms with Gasteiger partial charge in [0.15, 0.2) is 5.82 Å². The van der Waals surface area contributed by atoms with Crippen LogP contribution < -0.4 is 0 Å². The first kappa shape index (κ1) is 36.0. The zero-order valence-electron chi connectivity index (χ0n) is 33.0. The Labute approximate surface area is 336 Å². The molecule has 0 N–H and O–H groups in total. The molecule has 0 spiro atoms. The highest BCUT2D eigenvalue weighted by molar-refractivity contribution is 6.20. The molecule has 0 aliphatic heterocycles. The van der Waals surface area contributed by atoms with Crippen molar-refractivity contribution in [3.8, 4) is 45.0 Å². The van der Waals surface area contributed by atoms with Crippen LogP contribution in [-0.4, -0.2) is 9.97 Å². The maximum Gasteiger partial charge on any atom is 0.160 e. The van der Waals surface area contributed by atoms with Gasteiger partial charge in [0.1, 0.15) is 0 Å². The van der Waals surface area contributed by atoms with Crippen molar-refractivity contribution in [3.05, 3.63) is 192 Å². The van der Waals surface area contributed by atoms with Crippen LogP contribution in [0, 0.1) is 0 Å². The molecular formula is C55H46N2. The van der Waals surface area contributed by atoms with Gasteiger partial charge in [0.25, 0.3) is 0 Å². The molecule has 0 amide bonds. The van der Waals surface area contributed by atoms with Gasteiger partial charge in [0.05, 0.1) is 11.4 Å². The van der Waals surface area contributed by atoms with Crippen LogP contribution in [0.3, 0.4) is 0 Å². The van der Waals surface area contributed by atoms with Crippen LogP contribution >= 0.6 is 0 Å². The van der Waals surface area contributed by atoms with Crippen molar-refractivity contribution in [2.24, 2.45) is 0 Å². The van der Waals surface area contributed by atoms with E-state index in [0.717, 1.165) is 40.9 Å². The fourth-order valence-corrected chi connectivity index (χ4v) is 8.42. The van der Waals surface area contributed by atoms with Gasteiger partial charge in [-0.25, -0.2) is 9.97 Å². The Morgan fingerprint density at radius 2 is 1.16 bits per heavy atom. The molecule has 0 aliphatic carbocycles. The van der Waals surface area contributed by atoms with Crippen LogP contribution in [0.2, 0.25) is 0 Å². The smallest absolute Gasteiger partial charge is 0.160 e. The molecule has 9 rings (SSSR count). The van der Waals surface area contributed by atoms with Crippen molar-refractivity contribution < 1.29 is 0 Å². The maximum absolute atomic E-state index is 5.26. The van der Waals surface area contributed by atoms with E-state index >= 15 is 0 Å². The van der Waals surface area contributed by atoms with Crippen LogP contribution in [0.4, 0.5) is 0 Å². The van der Waals surface area contributed by atoms with Gasteiger partial charge in [-0.1, -0.05) is 178 Å². The number of nitrogens with zero attached hydrogens (tertiary/aromatic N) is 2. The summed E-state index contributed by atoms with van der Waals surface area (Å²) in [6.45, 7) is 6.81. The summed E-state index contributed by atoms with van der Waals surface area (Å²) in [4.78, 5) is 10.5. The number of rotatable bonds is 10. The molecule has 0 radical (unpaired) electrons. The van der Waals surface area contributed by atoms with Gasteiger partial charge in [-0.15, -0.1) is 0 Å². The van der Waals surface area contributed by atoms with Gasteiger partial charge in [-0.3, -0.25) is 0 Å². The number of allylic oxidation sites excluding steroid dienone is 1. The fourth-order valence-electron chi connectivity index (χ4n) is 8.42. The van der Waals surface area contributed by atoms with Crippen molar-refractivity contribution in [1.29, 1.82) is 0 Å². The molecule has 276 valence electrons. The summed E-state index contributed by atoms with van der Waals surface area (Å²) < 4.78 is 0. The highest BCUT2D eigenvalue weighted by Crippen LogP contribution is 2.44. The van der Waals surface area contributed by atoms with E-state index in [2.05, 4.69) is 185 Å². The second-order valence-electron chi connectivity index (χ2n) is 15.1. The van der Waals surface area contributed by atoms with Crippen molar-refractivity contribution >= 4 is 44.0 Å². The molecule has 1 heterocycles. The van der Waals surface area contributed by atoms with Gasteiger partial charge < -0.3 is 0 Å². The molecule has 8 aromatic carbocycles. The van der Waals surface area contributed by atoms with E-state index in [0.29, 0.717) is 5.82 Å². The lowest BCUT2D eigenvalue weighted by Crippen LogP contribution is -1.98. The van der Waals surface area contributed by atoms with Gasteiger partial charge in [-0.2, -0.15) is 0 Å². The van der Waals surface area contributed by atoms with Crippen LogP contribution in [0.5, 0.6) is 0 Å². The first-order valence-corrected chi connectivity index (χ1v) is 20.4. The standard InChI is InChI=1S/C55H46N2/c1-4-6-17-38-26-30-48-49(33-38)53(37(3)32-43-24-15-13-18-39(43)5-2)47-31-29-46(35-50(47)54(48)45-28-27-40-19-14-16-25-44(40)34-45)55-56-51(41-20-9-7-10-21-41)36-52(57-55)42-22-11-8-12-23-42/h7-16,18-36H,4-6,17H2,1-3H3/b37-32+. The van der Waals surface area contributed by atoms with E-state index in [4.69, 9.17) is 9.97 Å². The molecule has 0 saturated heterocycles. The summed E-state index contributed by atoms with van der Waals surface area (Å²) in [7, 11) is 0. The Hall–Kier alpha value is -6.64. The first-order chi connectivity index (χ1) is 28.1. The summed E-state index contributed by atoms with van der Waals surface area (Å²) in [5, 5.41) is 7.44. The third-order valence-electron chi connectivity index (χ3n) is 11.4. The molecule has 0 unspecified atom stereocenters. The minimum absolute atomic E-state index is 0.710. The van der Waals surface area contributed by atoms with E-state index in [1.54, 1.807) is 0 Å². The second-order valence-corrected chi connectivity index (χ2v) is 15.1. The third kappa shape index (κ3) is 7.16. The molecule has 2 nitrogen and oxygen atoms in total. The Bertz CT molecular complexity index is 2860. The summed E-state index contributed by atoms with van der Waals surface area (Å²) >= 11 is 0. The molecule has 0 bridgehead atoms. The lowest BCUT2D eigenvalue weighted by molar-refractivity contribution is 0.796. The number of aryl methyl sites for hydroxylation is 2. The molecule has 1 aromatic heterocycles. The molecule has 2 heteroatoms. The van der Waals surface area contributed by atoms with Crippen molar-refractivity contribution in [2.45, 2.75) is 46.5 Å². The summed E-state index contributed by atoms with van der Waals surface area (Å²) in [5.41, 5.74) is 13.9. The van der Waals surface area contributed by atoms with E-state index in [1.807, 2.05) is 12.1 Å². The minimum Gasteiger partial charge on any atom is -0.228 e. The van der Waals surface area contributed by atoms with Crippen molar-refractivity contribution in [3.63, 3.8) is 0 Å². The quantitative estimate of drug-likeness (QED) is 0.103. The third-order valence-corrected chi connectivity index (χ3v) is 11.4. The highest BCUT2D eigenvalue weighted by atomic mass is 14.9. The van der Waals surface area contributed by atoms with E-state index in [-0.39, 0.29) is 0 Å². The number of aromatic nitrogens is 2. The summed E-state index contributed by atoms with van der Waals surface area (Å²) in [6.07, 6.45) is 6.78. The average molecular weight is 735 g/mol. The number of unbranched alkanes of at least 4 members (excludes halogenated alkanes) is 1. The number of hydrogen-bond donors (Lipinski definition) is 0. The monoisotopic (exact) mass is 734 g/mol. The minimum atomic E-state index is 0.710. The molecule has 57 heavy (non-hydrogen) atoms. The maximum atomic E-state index is 5.26. The Morgan fingerprint density at radius 3 is 1.88 bits per heavy atom. The largest absolute Gasteiger partial charge is 0.228 e. The molecule has 0 atom stereocenters. The Kier molecular flexibility index (Phi) is 10.0. The van der Waals surface area contributed by atoms with Gasteiger partial charge >= 0.3 is 0 Å². The second kappa shape index (κ2) is 15.8. The van der Waals surface area contributed by atoms with Crippen molar-refractivity contribution in [2.75, 3.05) is 0 Å². The molecular weight excluding hydrogens is 689 g/mol. The highest BCUT2D eigenvalue weighted by Gasteiger charge is 2.20. The predicted molar refractivity (Wildman–Crippen MR) is 244 cm³/mol. The van der Waals surface area contributed by atoms with Crippen molar-refractivity contribution in [1.82, 2.24) is 9.97 Å². The zero-order valence-corrected chi connectivity index (χ0v) is 33.0. The van der Waals surface area contributed by atoms with E-state index in [1.165, 1.54) is 84.1 Å². The van der Waals surface area contributed by atoms with Crippen LogP contribution in [0.25, 0.3) is 89.0 Å². The number of benzene rings is 8. The SMILES string of the molecule is CCCCc1ccc2c(-c3ccc4ccccc4c3)c3cc(-c4nc(-c5ccccc5)cc(-c5ccccc5)n4)ccc3c(/C(C)=C/c3ccccc3CC)c2c1. The number of hydrogen-bond acceptors (Lipinski definition) is 2. The van der Waals surface area contributed by atoms with Crippen LogP contribution in [0.1, 0.15) is 55.9 Å². The topological polar surface area (TPSA) is 25.8 Å². The van der Waals surface area contributed by atoms with E-state index < -0.39 is 0 Å². The van der Waals surface area contributed by atoms with Gasteiger partial charge in [-0.05, 0) is 116 Å². The Balaban J connectivity index is 1.36. The van der Waals surface area contributed by atoms with Crippen LogP contribution in [-0.2, 0) is 12.8 Å². The molecule has 0 fully saturated rings. The molecule has 0 aliphatic rings. The van der Waals surface area contributed by atoms with Gasteiger partial charge in [0.2, 0.25) is 0 Å². The lowest BCUT2D eigenvalue weighted by atomic mass is 9.83. The van der Waals surface area contributed by atoms with Gasteiger partial charge in [0, 0.05) is 16.7 Å².